The second-order valence-electron chi connectivity index (χ2n) is 8.51. The van der Waals surface area contributed by atoms with Crippen molar-refractivity contribution in [1.82, 2.24) is 10.0 Å². The Morgan fingerprint density at radius 1 is 1.12 bits per heavy atom. The first kappa shape index (κ1) is 23.9. The predicted octanol–water partition coefficient (Wildman–Crippen LogP) is 3.08. The summed E-state index contributed by atoms with van der Waals surface area (Å²) in [6, 6.07) is 11.6. The maximum absolute atomic E-state index is 12.8. The molecule has 0 bridgehead atoms. The van der Waals surface area contributed by atoms with E-state index in [0.29, 0.717) is 18.1 Å². The Hall–Kier alpha value is -2.78. The first-order chi connectivity index (χ1) is 14.9. The summed E-state index contributed by atoms with van der Waals surface area (Å²) in [4.78, 5) is 29.4. The Labute approximate surface area is 188 Å². The van der Waals surface area contributed by atoms with E-state index in [1.807, 2.05) is 57.2 Å². The number of nitrogens with zero attached hydrogens (tertiary/aromatic N) is 2. The number of imide groups is 1. The lowest BCUT2D eigenvalue weighted by atomic mass is 9.73. The molecule has 9 heteroatoms. The number of aryl methyl sites for hydroxylation is 2. The maximum atomic E-state index is 12.8. The topological polar surface area (TPSA) is 103 Å². The van der Waals surface area contributed by atoms with Crippen LogP contribution in [0.25, 0.3) is 0 Å². The quantitative estimate of drug-likeness (QED) is 0.558. The molecule has 32 heavy (non-hydrogen) atoms. The van der Waals surface area contributed by atoms with Crippen molar-refractivity contribution >= 4 is 21.9 Å². The van der Waals surface area contributed by atoms with E-state index < -0.39 is 27.3 Å². The molecule has 3 rings (SSSR count). The van der Waals surface area contributed by atoms with Crippen molar-refractivity contribution in [3.8, 4) is 5.75 Å². The van der Waals surface area contributed by atoms with Gasteiger partial charge in [0.15, 0.2) is 0 Å². The monoisotopic (exact) mass is 460 g/mol. The van der Waals surface area contributed by atoms with E-state index >= 15 is 0 Å². The summed E-state index contributed by atoms with van der Waals surface area (Å²) in [5, 5.41) is 0.375. The Morgan fingerprint density at radius 3 is 2.28 bits per heavy atom. The van der Waals surface area contributed by atoms with Gasteiger partial charge in [0.25, 0.3) is 21.9 Å². The molecule has 8 nitrogen and oxygen atoms in total. The average Bonchev–Trinajstić information content (AvgIpc) is 2.90. The number of carbonyl (C=O) groups excluding carboxylic acids is 2. The van der Waals surface area contributed by atoms with Gasteiger partial charge in [0.05, 0.1) is 18.3 Å². The van der Waals surface area contributed by atoms with E-state index in [2.05, 4.69) is 9.27 Å². The molecule has 0 unspecified atom stereocenters. The van der Waals surface area contributed by atoms with Crippen LogP contribution in [0, 0.1) is 19.3 Å². The minimum absolute atomic E-state index is 0.122. The highest BCUT2D eigenvalue weighted by Gasteiger charge is 2.53. The molecule has 1 saturated heterocycles. The second kappa shape index (κ2) is 8.99. The molecule has 0 saturated carbocycles. The summed E-state index contributed by atoms with van der Waals surface area (Å²) in [6.07, 6.45) is 1.38. The minimum Gasteiger partial charge on any atom is -0.493 e. The fraction of sp³-hybridized carbons (Fsp3) is 0.435. The van der Waals surface area contributed by atoms with E-state index in [-0.39, 0.29) is 12.3 Å². The van der Waals surface area contributed by atoms with E-state index in [0.717, 1.165) is 34.5 Å². The highest BCUT2D eigenvalue weighted by Crippen LogP contribution is 2.45. The van der Waals surface area contributed by atoms with Gasteiger partial charge in [-0.2, -0.15) is 8.42 Å². The van der Waals surface area contributed by atoms with Crippen LogP contribution < -0.4 is 4.74 Å². The van der Waals surface area contributed by atoms with Gasteiger partial charge in [-0.05, 0) is 37.8 Å². The van der Waals surface area contributed by atoms with Crippen molar-refractivity contribution in [2.75, 3.05) is 12.9 Å². The Bertz CT molecular complexity index is 1110. The lowest BCUT2D eigenvalue weighted by molar-refractivity contribution is -0.166. The fourth-order valence-corrected chi connectivity index (χ4v) is 4.28. The summed E-state index contributed by atoms with van der Waals surface area (Å²) in [5.41, 5.74) is 2.67. The molecule has 0 spiro atoms. The van der Waals surface area contributed by atoms with Crippen LogP contribution in [-0.4, -0.2) is 43.1 Å². The first-order valence-electron chi connectivity index (χ1n) is 10.3. The third kappa shape index (κ3) is 5.34. The molecule has 0 N–H and O–H groups in total. The zero-order valence-corrected chi connectivity index (χ0v) is 19.7. The molecular formula is C23H28N2O6S. The number of hydroxylamine groups is 2. The normalized spacial score (nSPS) is 20.0. The lowest BCUT2D eigenvalue weighted by Gasteiger charge is -2.28. The SMILES string of the molecule is Cc1cc(OCCc2ccc([C@@H](C)[C@]3(C)CC(=O)N(OS(C)(=O)=O)C3=O)cc2)cc(C)n1. The fourth-order valence-electron chi connectivity index (χ4n) is 3.86. The van der Waals surface area contributed by atoms with Crippen LogP contribution in [0.5, 0.6) is 5.75 Å². The number of aromatic nitrogens is 1. The predicted molar refractivity (Wildman–Crippen MR) is 118 cm³/mol. The molecule has 1 aliphatic heterocycles. The highest BCUT2D eigenvalue weighted by atomic mass is 32.2. The number of rotatable bonds is 8. The summed E-state index contributed by atoms with van der Waals surface area (Å²) in [5.74, 6) is -0.843. The Balaban J connectivity index is 1.65. The average molecular weight is 461 g/mol. The van der Waals surface area contributed by atoms with E-state index in [1.165, 1.54) is 0 Å². The number of ether oxygens (including phenoxy) is 1. The van der Waals surface area contributed by atoms with Gasteiger partial charge in [-0.1, -0.05) is 31.2 Å². The smallest absolute Gasteiger partial charge is 0.285 e. The molecule has 1 fully saturated rings. The van der Waals surface area contributed by atoms with Gasteiger partial charge < -0.3 is 4.74 Å². The number of amides is 2. The lowest BCUT2D eigenvalue weighted by Crippen LogP contribution is -2.38. The van der Waals surface area contributed by atoms with Crippen molar-refractivity contribution in [1.29, 1.82) is 0 Å². The molecule has 1 aromatic heterocycles. The van der Waals surface area contributed by atoms with Crippen molar-refractivity contribution < 1.29 is 27.0 Å². The molecule has 2 aromatic rings. The third-order valence-electron chi connectivity index (χ3n) is 5.78. The van der Waals surface area contributed by atoms with Gasteiger partial charge in [-0.15, -0.1) is 9.35 Å². The van der Waals surface area contributed by atoms with Crippen LogP contribution in [0.4, 0.5) is 0 Å². The van der Waals surface area contributed by atoms with E-state index in [1.54, 1.807) is 6.92 Å². The zero-order valence-electron chi connectivity index (χ0n) is 18.9. The van der Waals surface area contributed by atoms with Gasteiger partial charge in [0.2, 0.25) is 0 Å². The molecule has 2 atom stereocenters. The van der Waals surface area contributed by atoms with Gasteiger partial charge in [0.1, 0.15) is 5.75 Å². The number of hydrogen-bond acceptors (Lipinski definition) is 7. The molecule has 0 aliphatic carbocycles. The summed E-state index contributed by atoms with van der Waals surface area (Å²) in [6.45, 7) is 7.87. The van der Waals surface area contributed by atoms with Crippen molar-refractivity contribution in [2.45, 2.75) is 46.5 Å². The standard InChI is InChI=1S/C23H28N2O6S/c1-15-12-20(13-16(2)24-15)30-11-10-18-6-8-19(9-7-18)17(3)23(4)14-21(26)25(22(23)27)31-32(5,28)29/h6-9,12-13,17H,10-11,14H2,1-5H3/t17-,23+/m1/s1. The molecule has 1 aliphatic rings. The molecular weight excluding hydrogens is 432 g/mol. The second-order valence-corrected chi connectivity index (χ2v) is 10.1. The van der Waals surface area contributed by atoms with Gasteiger partial charge >= 0.3 is 0 Å². The minimum atomic E-state index is -3.98. The summed E-state index contributed by atoms with van der Waals surface area (Å²) < 4.78 is 33.2. The van der Waals surface area contributed by atoms with Gasteiger partial charge in [-0.3, -0.25) is 14.6 Å². The van der Waals surface area contributed by atoms with Gasteiger partial charge in [-0.25, -0.2) is 0 Å². The van der Waals surface area contributed by atoms with Crippen LogP contribution in [0.2, 0.25) is 0 Å². The first-order valence-corrected chi connectivity index (χ1v) is 12.1. The maximum Gasteiger partial charge on any atom is 0.285 e. The largest absolute Gasteiger partial charge is 0.493 e. The van der Waals surface area contributed by atoms with Crippen molar-refractivity contribution in [2.24, 2.45) is 5.41 Å². The third-order valence-corrected chi connectivity index (χ3v) is 6.20. The number of hydrogen-bond donors (Lipinski definition) is 0. The van der Waals surface area contributed by atoms with Crippen LogP contribution in [0.1, 0.15) is 48.7 Å². The number of benzene rings is 1. The Morgan fingerprint density at radius 2 is 1.72 bits per heavy atom. The molecule has 1 aromatic carbocycles. The highest BCUT2D eigenvalue weighted by molar-refractivity contribution is 7.85. The van der Waals surface area contributed by atoms with Gasteiger partial charge in [0, 0.05) is 36.4 Å². The summed E-state index contributed by atoms with van der Waals surface area (Å²) in [7, 11) is -3.98. The molecule has 2 heterocycles. The molecule has 172 valence electrons. The van der Waals surface area contributed by atoms with Crippen LogP contribution in [0.15, 0.2) is 36.4 Å². The number of carbonyl (C=O) groups is 2. The number of pyridine rings is 1. The van der Waals surface area contributed by atoms with Crippen LogP contribution in [0.3, 0.4) is 0 Å². The molecule has 0 radical (unpaired) electrons. The molecule has 2 amide bonds. The van der Waals surface area contributed by atoms with E-state index in [4.69, 9.17) is 4.74 Å². The van der Waals surface area contributed by atoms with Crippen LogP contribution >= 0.6 is 0 Å². The van der Waals surface area contributed by atoms with Crippen LogP contribution in [-0.2, 0) is 30.4 Å². The summed E-state index contributed by atoms with van der Waals surface area (Å²) >= 11 is 0. The van der Waals surface area contributed by atoms with Crippen molar-refractivity contribution in [3.05, 3.63) is 58.9 Å². The van der Waals surface area contributed by atoms with E-state index in [9.17, 15) is 18.0 Å². The van der Waals surface area contributed by atoms with Crippen molar-refractivity contribution in [3.63, 3.8) is 0 Å². The Kier molecular flexibility index (Phi) is 6.71. The zero-order chi connectivity index (χ0) is 23.7.